The fourth-order valence-corrected chi connectivity index (χ4v) is 4.57. The molecule has 2 aliphatic rings. The number of aliphatic hydroxyl groups is 4. The van der Waals surface area contributed by atoms with Crippen molar-refractivity contribution in [3.63, 3.8) is 0 Å². The number of rotatable bonds is 8. The van der Waals surface area contributed by atoms with Crippen LogP contribution < -0.4 is 22.5 Å². The van der Waals surface area contributed by atoms with Gasteiger partial charge < -0.3 is 34.8 Å². The highest BCUT2D eigenvalue weighted by molar-refractivity contribution is 7.47. The van der Waals surface area contributed by atoms with Crippen LogP contribution >= 0.6 is 7.82 Å². The average molecular weight is 550 g/mol. The second-order valence-corrected chi connectivity index (χ2v) is 9.64. The Balaban J connectivity index is 1.34. The Morgan fingerprint density at radius 2 is 1.14 bits per heavy atom. The van der Waals surface area contributed by atoms with E-state index in [2.05, 4.69) is 0 Å². The van der Waals surface area contributed by atoms with E-state index in [1.807, 2.05) is 9.97 Å². The number of hydrogen-bond acceptors (Lipinski definition) is 13. The Hall–Kier alpha value is -2.77. The summed E-state index contributed by atoms with van der Waals surface area (Å²) >= 11 is 0. The third kappa shape index (κ3) is 5.73. The molecule has 7 N–H and O–H groups in total. The van der Waals surface area contributed by atoms with Gasteiger partial charge in [0.15, 0.2) is 12.5 Å². The van der Waals surface area contributed by atoms with Crippen LogP contribution in [0.15, 0.2) is 43.7 Å². The minimum Gasteiger partial charge on any atom is -0.387 e. The van der Waals surface area contributed by atoms with Gasteiger partial charge in [-0.2, -0.15) is 0 Å². The molecule has 0 aromatic carbocycles. The summed E-state index contributed by atoms with van der Waals surface area (Å²) in [5.74, 6) is 0. The summed E-state index contributed by atoms with van der Waals surface area (Å²) in [7, 11) is -4.88. The molecule has 0 spiro atoms. The maximum absolute atomic E-state index is 12.3. The molecule has 0 saturated carbocycles. The molecule has 2 saturated heterocycles. The van der Waals surface area contributed by atoms with E-state index in [9.17, 15) is 49.1 Å². The van der Waals surface area contributed by atoms with E-state index in [-0.39, 0.29) is 0 Å². The summed E-state index contributed by atoms with van der Waals surface area (Å²) in [5.41, 5.74) is -3.26. The van der Waals surface area contributed by atoms with Gasteiger partial charge in [0.05, 0.1) is 13.2 Å². The molecule has 37 heavy (non-hydrogen) atoms. The number of aromatic nitrogens is 4. The SMILES string of the molecule is O=c1ccn([C@@H]2O[C@H](COP(=O)(O)OC[C@H]3O[C@@H](n4ccc(=O)[nH]c4=O)[C@H](O)[C@@H]3O)[C@@H](O)[C@H]2O)c(=O)[nH]1. The lowest BCUT2D eigenvalue weighted by Gasteiger charge is -2.20. The normalized spacial score (nSPS) is 33.4. The number of nitrogens with zero attached hydrogens (tertiary/aromatic N) is 2. The molecular formula is C18H23N4O14P. The summed E-state index contributed by atoms with van der Waals surface area (Å²) in [6, 6.07) is 1.97. The molecular weight excluding hydrogens is 527 g/mol. The zero-order valence-corrected chi connectivity index (χ0v) is 19.5. The van der Waals surface area contributed by atoms with Crippen LogP contribution in [0, 0.1) is 0 Å². The molecule has 0 unspecified atom stereocenters. The molecule has 2 fully saturated rings. The highest BCUT2D eigenvalue weighted by Crippen LogP contribution is 2.45. The third-order valence-electron chi connectivity index (χ3n) is 5.73. The third-order valence-corrected chi connectivity index (χ3v) is 6.68. The minimum absolute atomic E-state index is 0.700. The highest BCUT2D eigenvalue weighted by atomic mass is 31.2. The van der Waals surface area contributed by atoms with Gasteiger partial charge in [0.1, 0.15) is 36.6 Å². The summed E-state index contributed by atoms with van der Waals surface area (Å²) < 4.78 is 34.2. The lowest BCUT2D eigenvalue weighted by Crippen LogP contribution is -2.37. The number of nitrogens with one attached hydrogen (secondary N) is 2. The zero-order valence-electron chi connectivity index (χ0n) is 18.6. The van der Waals surface area contributed by atoms with Gasteiger partial charge in [-0.1, -0.05) is 0 Å². The van der Waals surface area contributed by atoms with E-state index in [0.29, 0.717) is 0 Å². The maximum atomic E-state index is 12.3. The van der Waals surface area contributed by atoms with Gasteiger partial charge in [-0.15, -0.1) is 0 Å². The van der Waals surface area contributed by atoms with Crippen LogP contribution in [0.5, 0.6) is 0 Å². The Kier molecular flexibility index (Phi) is 7.77. The van der Waals surface area contributed by atoms with E-state index in [1.54, 1.807) is 0 Å². The molecule has 4 rings (SSSR count). The number of phosphoric ester groups is 1. The van der Waals surface area contributed by atoms with Crippen LogP contribution in [-0.2, 0) is 23.1 Å². The van der Waals surface area contributed by atoms with Crippen molar-refractivity contribution in [3.05, 3.63) is 66.2 Å². The lowest BCUT2D eigenvalue weighted by atomic mass is 10.1. The molecule has 0 bridgehead atoms. The molecule has 0 radical (unpaired) electrons. The molecule has 0 aliphatic carbocycles. The van der Waals surface area contributed by atoms with Crippen LogP contribution in [0.4, 0.5) is 0 Å². The predicted octanol–water partition coefficient (Wildman–Crippen LogP) is -4.54. The van der Waals surface area contributed by atoms with Crippen LogP contribution in [0.25, 0.3) is 0 Å². The van der Waals surface area contributed by atoms with Crippen molar-refractivity contribution in [1.82, 2.24) is 19.1 Å². The smallest absolute Gasteiger partial charge is 0.387 e. The van der Waals surface area contributed by atoms with Crippen molar-refractivity contribution in [2.24, 2.45) is 0 Å². The first-order chi connectivity index (χ1) is 17.4. The van der Waals surface area contributed by atoms with Crippen molar-refractivity contribution >= 4 is 7.82 Å². The first-order valence-electron chi connectivity index (χ1n) is 10.7. The van der Waals surface area contributed by atoms with Crippen LogP contribution in [0.1, 0.15) is 12.5 Å². The first kappa shape index (κ1) is 27.3. The number of aliphatic hydroxyl groups excluding tert-OH is 4. The summed E-state index contributed by atoms with van der Waals surface area (Å²) in [5, 5.41) is 40.8. The fraction of sp³-hybridized carbons (Fsp3) is 0.556. The Labute approximate surface area is 204 Å². The molecule has 2 aromatic rings. The predicted molar refractivity (Wildman–Crippen MR) is 116 cm³/mol. The Bertz CT molecular complexity index is 1300. The quantitative estimate of drug-likeness (QED) is 0.153. The zero-order chi connectivity index (χ0) is 27.1. The summed E-state index contributed by atoms with van der Waals surface area (Å²) in [4.78, 5) is 60.2. The number of hydrogen-bond donors (Lipinski definition) is 7. The van der Waals surface area contributed by atoms with Crippen molar-refractivity contribution in [2.75, 3.05) is 13.2 Å². The average Bonchev–Trinajstić information content (AvgIpc) is 3.27. The van der Waals surface area contributed by atoms with Crippen LogP contribution in [0.3, 0.4) is 0 Å². The van der Waals surface area contributed by atoms with Crippen molar-refractivity contribution in [2.45, 2.75) is 49.1 Å². The molecule has 8 atom stereocenters. The standard InChI is InChI=1S/C18H23N4O14P/c23-9-1-3-21(17(29)19-9)15-13(27)11(25)7(35-15)5-33-37(31,32)34-6-8-12(26)14(28)16(36-8)22-4-2-10(24)20-18(22)30/h1-4,7-8,11-16,25-28H,5-6H2,(H,31,32)(H,19,23,29)(H,20,24,30)/t7-,8-,11-,12-,13-,14-,15-,16-/m1/s1. The fourth-order valence-electron chi connectivity index (χ4n) is 3.82. The van der Waals surface area contributed by atoms with Gasteiger partial charge in [-0.05, 0) is 0 Å². The molecule has 2 aliphatic heterocycles. The van der Waals surface area contributed by atoms with E-state index in [1.165, 1.54) is 0 Å². The monoisotopic (exact) mass is 550 g/mol. The summed E-state index contributed by atoms with van der Waals surface area (Å²) in [6.07, 6.45) is -10.2. The van der Waals surface area contributed by atoms with Crippen LogP contribution in [-0.4, -0.2) is 94.3 Å². The largest absolute Gasteiger partial charge is 0.472 e. The molecule has 2 aromatic heterocycles. The molecule has 0 amide bonds. The molecule has 204 valence electrons. The van der Waals surface area contributed by atoms with E-state index >= 15 is 0 Å². The lowest BCUT2D eigenvalue weighted by molar-refractivity contribution is -0.0641. The van der Waals surface area contributed by atoms with Gasteiger partial charge >= 0.3 is 19.2 Å². The number of H-pyrrole nitrogens is 2. The topological polar surface area (TPSA) is 265 Å². The van der Waals surface area contributed by atoms with Gasteiger partial charge in [0, 0.05) is 24.5 Å². The number of phosphoric acid groups is 1. The van der Waals surface area contributed by atoms with Gasteiger partial charge in [0.2, 0.25) is 0 Å². The number of aromatic amines is 2. The van der Waals surface area contributed by atoms with E-state index in [0.717, 1.165) is 33.7 Å². The molecule has 19 heteroatoms. The van der Waals surface area contributed by atoms with E-state index < -0.39 is 92.6 Å². The Morgan fingerprint density at radius 1 is 0.757 bits per heavy atom. The number of ether oxygens (including phenoxy) is 2. The van der Waals surface area contributed by atoms with Crippen molar-refractivity contribution in [3.8, 4) is 0 Å². The van der Waals surface area contributed by atoms with E-state index in [4.69, 9.17) is 18.5 Å². The van der Waals surface area contributed by atoms with Gasteiger partial charge in [-0.3, -0.25) is 37.7 Å². The van der Waals surface area contributed by atoms with Gasteiger partial charge in [-0.25, -0.2) is 14.2 Å². The van der Waals surface area contributed by atoms with Crippen molar-refractivity contribution < 1.29 is 48.4 Å². The van der Waals surface area contributed by atoms with Crippen molar-refractivity contribution in [1.29, 1.82) is 0 Å². The first-order valence-corrected chi connectivity index (χ1v) is 12.2. The maximum Gasteiger partial charge on any atom is 0.472 e. The molecule has 4 heterocycles. The highest BCUT2D eigenvalue weighted by Gasteiger charge is 2.47. The minimum atomic E-state index is -4.88. The van der Waals surface area contributed by atoms with Gasteiger partial charge in [0.25, 0.3) is 11.1 Å². The Morgan fingerprint density at radius 3 is 1.49 bits per heavy atom. The second kappa shape index (κ2) is 10.5. The summed E-state index contributed by atoms with van der Waals surface area (Å²) in [6.45, 7) is -1.57. The second-order valence-electron chi connectivity index (χ2n) is 8.19. The van der Waals surface area contributed by atoms with Crippen LogP contribution in [0.2, 0.25) is 0 Å². The molecule has 18 nitrogen and oxygen atoms in total.